The minimum atomic E-state index is 0.658. The molecule has 0 spiro atoms. The van der Waals surface area contributed by atoms with Crippen LogP contribution < -0.4 is 0 Å². The van der Waals surface area contributed by atoms with E-state index < -0.39 is 0 Å². The zero-order chi connectivity index (χ0) is 10.4. The van der Waals surface area contributed by atoms with E-state index in [4.69, 9.17) is 0 Å². The lowest BCUT2D eigenvalue weighted by atomic mass is 9.90. The second kappa shape index (κ2) is 5.64. The summed E-state index contributed by atoms with van der Waals surface area (Å²) in [5.74, 6) is 1.40. The van der Waals surface area contributed by atoms with Crippen LogP contribution in [0.5, 0.6) is 0 Å². The summed E-state index contributed by atoms with van der Waals surface area (Å²) in [6, 6.07) is 10.7. The molecule has 0 saturated heterocycles. The fourth-order valence-electron chi connectivity index (χ4n) is 1.90. The minimum Gasteiger partial charge on any atom is -0.103 e. The summed E-state index contributed by atoms with van der Waals surface area (Å²) < 4.78 is 0. The SMILES string of the molecule is C=CCC(C)CC(C)c1ccccc1. The normalized spacial score (nSPS) is 14.7. The largest absolute Gasteiger partial charge is 0.103 e. The molecule has 0 aliphatic rings. The number of hydrogen-bond donors (Lipinski definition) is 0. The number of rotatable bonds is 5. The van der Waals surface area contributed by atoms with Gasteiger partial charge in [-0.15, -0.1) is 6.58 Å². The highest BCUT2D eigenvalue weighted by molar-refractivity contribution is 5.18. The van der Waals surface area contributed by atoms with E-state index in [1.54, 1.807) is 0 Å². The van der Waals surface area contributed by atoms with Crippen molar-refractivity contribution < 1.29 is 0 Å². The topological polar surface area (TPSA) is 0 Å². The molecule has 0 aliphatic carbocycles. The van der Waals surface area contributed by atoms with E-state index >= 15 is 0 Å². The molecule has 0 bridgehead atoms. The molecule has 2 unspecified atom stereocenters. The third kappa shape index (κ3) is 3.37. The summed E-state index contributed by atoms with van der Waals surface area (Å²) in [4.78, 5) is 0. The molecule has 14 heavy (non-hydrogen) atoms. The lowest BCUT2D eigenvalue weighted by Crippen LogP contribution is -2.00. The van der Waals surface area contributed by atoms with Gasteiger partial charge in [-0.2, -0.15) is 0 Å². The van der Waals surface area contributed by atoms with E-state index in [0.29, 0.717) is 5.92 Å². The van der Waals surface area contributed by atoms with Gasteiger partial charge in [0, 0.05) is 0 Å². The molecule has 0 nitrogen and oxygen atoms in total. The van der Waals surface area contributed by atoms with E-state index in [1.165, 1.54) is 12.0 Å². The quantitative estimate of drug-likeness (QED) is 0.601. The maximum Gasteiger partial charge on any atom is -0.0188 e. The third-order valence-corrected chi connectivity index (χ3v) is 2.69. The lowest BCUT2D eigenvalue weighted by Gasteiger charge is -2.16. The van der Waals surface area contributed by atoms with E-state index in [0.717, 1.165) is 12.3 Å². The Labute approximate surface area is 87.7 Å². The molecule has 0 N–H and O–H groups in total. The minimum absolute atomic E-state index is 0.658. The highest BCUT2D eigenvalue weighted by Gasteiger charge is 2.08. The van der Waals surface area contributed by atoms with Gasteiger partial charge < -0.3 is 0 Å². The molecule has 0 radical (unpaired) electrons. The van der Waals surface area contributed by atoms with Crippen LogP contribution in [0.2, 0.25) is 0 Å². The van der Waals surface area contributed by atoms with E-state index in [-0.39, 0.29) is 0 Å². The van der Waals surface area contributed by atoms with Crippen LogP contribution in [-0.4, -0.2) is 0 Å². The van der Waals surface area contributed by atoms with Crippen molar-refractivity contribution in [3.8, 4) is 0 Å². The van der Waals surface area contributed by atoms with Gasteiger partial charge in [0.2, 0.25) is 0 Å². The predicted octanol–water partition coefficient (Wildman–Crippen LogP) is 4.39. The van der Waals surface area contributed by atoms with Gasteiger partial charge >= 0.3 is 0 Å². The average Bonchev–Trinajstić information content (AvgIpc) is 2.19. The second-order valence-corrected chi connectivity index (χ2v) is 4.18. The summed E-state index contributed by atoms with van der Waals surface area (Å²) in [6.07, 6.45) is 4.38. The van der Waals surface area contributed by atoms with Gasteiger partial charge in [-0.3, -0.25) is 0 Å². The molecule has 0 saturated carbocycles. The summed E-state index contributed by atoms with van der Waals surface area (Å²) in [6.45, 7) is 8.37. The fraction of sp³-hybridized carbons (Fsp3) is 0.429. The Kier molecular flexibility index (Phi) is 4.45. The first-order valence-corrected chi connectivity index (χ1v) is 5.40. The Balaban J connectivity index is 2.50. The van der Waals surface area contributed by atoms with Crippen molar-refractivity contribution in [1.29, 1.82) is 0 Å². The van der Waals surface area contributed by atoms with Crippen molar-refractivity contribution in [1.82, 2.24) is 0 Å². The van der Waals surface area contributed by atoms with Crippen molar-refractivity contribution in [2.45, 2.75) is 32.6 Å². The Morgan fingerprint density at radius 2 is 1.86 bits per heavy atom. The molecule has 0 aromatic heterocycles. The average molecular weight is 188 g/mol. The maximum absolute atomic E-state index is 3.78. The first-order chi connectivity index (χ1) is 6.74. The van der Waals surface area contributed by atoms with E-state index in [1.807, 2.05) is 6.08 Å². The van der Waals surface area contributed by atoms with Gasteiger partial charge in [-0.1, -0.05) is 50.3 Å². The van der Waals surface area contributed by atoms with E-state index in [9.17, 15) is 0 Å². The molecule has 1 aromatic rings. The molecule has 0 aliphatic heterocycles. The van der Waals surface area contributed by atoms with Gasteiger partial charge in [0.05, 0.1) is 0 Å². The smallest absolute Gasteiger partial charge is 0.0188 e. The highest BCUT2D eigenvalue weighted by atomic mass is 14.1. The van der Waals surface area contributed by atoms with Crippen molar-refractivity contribution in [2.24, 2.45) is 5.92 Å². The van der Waals surface area contributed by atoms with Crippen LogP contribution in [0.1, 0.15) is 38.2 Å². The molecule has 1 aromatic carbocycles. The molecule has 0 fully saturated rings. The number of allylic oxidation sites excluding steroid dienone is 1. The maximum atomic E-state index is 3.78. The Hall–Kier alpha value is -1.04. The molecule has 0 heteroatoms. The fourth-order valence-corrected chi connectivity index (χ4v) is 1.90. The Bertz CT molecular complexity index is 261. The number of benzene rings is 1. The van der Waals surface area contributed by atoms with Gasteiger partial charge in [-0.25, -0.2) is 0 Å². The van der Waals surface area contributed by atoms with Gasteiger partial charge in [0.1, 0.15) is 0 Å². The number of hydrogen-bond acceptors (Lipinski definition) is 0. The molecular formula is C14H20. The van der Waals surface area contributed by atoms with Crippen LogP contribution >= 0.6 is 0 Å². The Morgan fingerprint density at radius 1 is 1.21 bits per heavy atom. The molecule has 2 atom stereocenters. The summed E-state index contributed by atoms with van der Waals surface area (Å²) in [5, 5.41) is 0. The summed E-state index contributed by atoms with van der Waals surface area (Å²) in [7, 11) is 0. The predicted molar refractivity (Wildman–Crippen MR) is 63.5 cm³/mol. The van der Waals surface area contributed by atoms with Crippen molar-refractivity contribution in [2.75, 3.05) is 0 Å². The summed E-state index contributed by atoms with van der Waals surface area (Å²) in [5.41, 5.74) is 1.45. The highest BCUT2D eigenvalue weighted by Crippen LogP contribution is 2.24. The first kappa shape index (κ1) is 11.0. The Morgan fingerprint density at radius 3 is 2.43 bits per heavy atom. The van der Waals surface area contributed by atoms with Crippen molar-refractivity contribution in [3.05, 3.63) is 48.6 Å². The molecule has 1 rings (SSSR count). The van der Waals surface area contributed by atoms with Crippen LogP contribution in [0.4, 0.5) is 0 Å². The monoisotopic (exact) mass is 188 g/mol. The van der Waals surface area contributed by atoms with Crippen molar-refractivity contribution in [3.63, 3.8) is 0 Å². The van der Waals surface area contributed by atoms with Crippen LogP contribution in [-0.2, 0) is 0 Å². The second-order valence-electron chi connectivity index (χ2n) is 4.18. The summed E-state index contributed by atoms with van der Waals surface area (Å²) >= 11 is 0. The van der Waals surface area contributed by atoms with E-state index in [2.05, 4.69) is 50.8 Å². The standard InChI is InChI=1S/C14H20/c1-4-8-12(2)11-13(3)14-9-6-5-7-10-14/h4-7,9-10,12-13H,1,8,11H2,2-3H3. The zero-order valence-corrected chi connectivity index (χ0v) is 9.24. The van der Waals surface area contributed by atoms with Crippen LogP contribution in [0, 0.1) is 5.92 Å². The lowest BCUT2D eigenvalue weighted by molar-refractivity contribution is 0.490. The van der Waals surface area contributed by atoms with Gasteiger partial charge in [0.25, 0.3) is 0 Å². The molecule has 0 amide bonds. The van der Waals surface area contributed by atoms with Crippen LogP contribution in [0.15, 0.2) is 43.0 Å². The molecule has 76 valence electrons. The molecular weight excluding hydrogens is 168 g/mol. The first-order valence-electron chi connectivity index (χ1n) is 5.40. The van der Waals surface area contributed by atoms with Gasteiger partial charge in [0.15, 0.2) is 0 Å². The van der Waals surface area contributed by atoms with Gasteiger partial charge in [-0.05, 0) is 30.2 Å². The third-order valence-electron chi connectivity index (χ3n) is 2.69. The van der Waals surface area contributed by atoms with Crippen LogP contribution in [0.3, 0.4) is 0 Å². The van der Waals surface area contributed by atoms with Crippen LogP contribution in [0.25, 0.3) is 0 Å². The zero-order valence-electron chi connectivity index (χ0n) is 9.24. The van der Waals surface area contributed by atoms with Crippen molar-refractivity contribution >= 4 is 0 Å². The molecule has 0 heterocycles.